The van der Waals surface area contributed by atoms with Gasteiger partial charge in [-0.05, 0) is 100 Å². The van der Waals surface area contributed by atoms with E-state index in [-0.39, 0.29) is 0 Å². The van der Waals surface area contributed by atoms with Crippen molar-refractivity contribution in [2.24, 2.45) is 0 Å². The van der Waals surface area contributed by atoms with Crippen LogP contribution in [0.3, 0.4) is 0 Å². The normalized spacial score (nSPS) is 11.6. The van der Waals surface area contributed by atoms with Gasteiger partial charge in [-0.1, -0.05) is 133 Å². The molecule has 2 aromatic heterocycles. The van der Waals surface area contributed by atoms with Crippen LogP contribution in [0.25, 0.3) is 82.5 Å². The molecular weight excluding hydrogens is 669 g/mol. The fraction of sp³-hybridized carbons (Fsp3) is 0. The lowest BCUT2D eigenvalue weighted by Gasteiger charge is -2.26. The molecule has 0 radical (unpaired) electrons. The monoisotopic (exact) mass is 702 g/mol. The highest BCUT2D eigenvalue weighted by Crippen LogP contribution is 2.43. The number of fused-ring (bicyclic) bond motifs is 7. The molecule has 0 aliphatic heterocycles. The van der Waals surface area contributed by atoms with Crippen LogP contribution in [-0.2, 0) is 0 Å². The van der Waals surface area contributed by atoms with E-state index in [2.05, 4.69) is 204 Å². The Hall–Kier alpha value is -7.36. The molecule has 258 valence electrons. The minimum Gasteiger partial charge on any atom is -0.456 e. The second-order valence-corrected chi connectivity index (χ2v) is 14.2. The molecule has 9 aromatic carbocycles. The molecule has 0 aliphatic rings. The van der Waals surface area contributed by atoms with Gasteiger partial charge in [0.15, 0.2) is 0 Å². The first kappa shape index (κ1) is 31.2. The van der Waals surface area contributed by atoms with E-state index >= 15 is 0 Å². The Labute approximate surface area is 318 Å². The summed E-state index contributed by atoms with van der Waals surface area (Å²) >= 11 is 0. The summed E-state index contributed by atoms with van der Waals surface area (Å²) in [7, 11) is 0. The van der Waals surface area contributed by atoms with Gasteiger partial charge in [-0.3, -0.25) is 0 Å². The maximum Gasteiger partial charge on any atom is 0.135 e. The van der Waals surface area contributed by atoms with Crippen LogP contribution in [-0.4, -0.2) is 4.57 Å². The maximum atomic E-state index is 6.26. The zero-order valence-corrected chi connectivity index (χ0v) is 29.9. The lowest BCUT2D eigenvalue weighted by molar-refractivity contribution is 0.669. The molecule has 3 heteroatoms. The summed E-state index contributed by atoms with van der Waals surface area (Å²) in [5.41, 5.74) is 13.2. The number of furan rings is 1. The molecule has 0 bridgehead atoms. The summed E-state index contributed by atoms with van der Waals surface area (Å²) < 4.78 is 8.67. The predicted molar refractivity (Wildman–Crippen MR) is 231 cm³/mol. The van der Waals surface area contributed by atoms with E-state index < -0.39 is 0 Å². The van der Waals surface area contributed by atoms with Crippen LogP contribution in [0.15, 0.2) is 211 Å². The number of benzene rings is 9. The Morgan fingerprint density at radius 1 is 0.364 bits per heavy atom. The lowest BCUT2D eigenvalue weighted by atomic mass is 10.00. The largest absolute Gasteiger partial charge is 0.456 e. The van der Waals surface area contributed by atoms with Gasteiger partial charge in [0.05, 0.1) is 11.0 Å². The van der Waals surface area contributed by atoms with E-state index in [4.69, 9.17) is 4.42 Å². The second-order valence-electron chi connectivity index (χ2n) is 14.2. The molecule has 0 saturated carbocycles. The minimum atomic E-state index is 0.880. The lowest BCUT2D eigenvalue weighted by Crippen LogP contribution is -2.10. The third-order valence-corrected chi connectivity index (χ3v) is 11.0. The number of hydrogen-bond acceptors (Lipinski definition) is 2. The maximum absolute atomic E-state index is 6.26. The van der Waals surface area contributed by atoms with Gasteiger partial charge >= 0.3 is 0 Å². The molecule has 0 unspecified atom stereocenters. The first-order chi connectivity index (χ1) is 27.3. The summed E-state index contributed by atoms with van der Waals surface area (Å²) in [4.78, 5) is 2.36. The summed E-state index contributed by atoms with van der Waals surface area (Å²) in [6.45, 7) is 0. The molecule has 0 saturated heterocycles. The molecule has 0 spiro atoms. The molecule has 0 aliphatic carbocycles. The van der Waals surface area contributed by atoms with Crippen LogP contribution < -0.4 is 4.90 Å². The SMILES string of the molecule is c1ccc(-n2c3ccccc3c3cccc(-c4cccc(N(c5ccc(-c6ccc7ccccc7c6)cc5)c5ccc6oc7ccccc7c6c5)c4)c32)cc1. The van der Waals surface area contributed by atoms with Crippen molar-refractivity contribution in [2.75, 3.05) is 4.90 Å². The Morgan fingerprint density at radius 2 is 1.04 bits per heavy atom. The van der Waals surface area contributed by atoms with Crippen molar-refractivity contribution >= 4 is 71.6 Å². The Morgan fingerprint density at radius 3 is 1.93 bits per heavy atom. The first-order valence-electron chi connectivity index (χ1n) is 18.8. The average Bonchev–Trinajstić information content (AvgIpc) is 3.80. The molecule has 0 amide bonds. The zero-order valence-electron chi connectivity index (χ0n) is 29.9. The van der Waals surface area contributed by atoms with E-state index in [1.54, 1.807) is 0 Å². The summed E-state index contributed by atoms with van der Waals surface area (Å²) in [6.07, 6.45) is 0. The first-order valence-corrected chi connectivity index (χ1v) is 18.8. The van der Waals surface area contributed by atoms with E-state index in [0.717, 1.165) is 50.3 Å². The predicted octanol–water partition coefficient (Wildman–Crippen LogP) is 14.6. The van der Waals surface area contributed by atoms with E-state index in [0.29, 0.717) is 0 Å². The Kier molecular flexibility index (Phi) is 7.17. The smallest absolute Gasteiger partial charge is 0.135 e. The molecule has 0 fully saturated rings. The highest BCUT2D eigenvalue weighted by molar-refractivity contribution is 6.14. The molecule has 11 aromatic rings. The number of para-hydroxylation sites is 4. The van der Waals surface area contributed by atoms with Crippen LogP contribution in [0.1, 0.15) is 0 Å². The van der Waals surface area contributed by atoms with Gasteiger partial charge in [0.2, 0.25) is 0 Å². The Bertz CT molecular complexity index is 3210. The standard InChI is InChI=1S/C52H34N2O/c1-2-15-40(16-3-1)54-49-22-8-6-18-45(49)47-21-11-20-44(52(47)54)39-14-10-17-42(33-39)53(43-30-31-51-48(34-43)46-19-7-9-23-50(46)55-51)41-28-26-36(27-29-41)38-25-24-35-12-4-5-13-37(35)32-38/h1-34H. The summed E-state index contributed by atoms with van der Waals surface area (Å²) in [6, 6.07) is 74.1. The number of nitrogens with zero attached hydrogens (tertiary/aromatic N) is 2. The average molecular weight is 703 g/mol. The molecule has 3 nitrogen and oxygen atoms in total. The van der Waals surface area contributed by atoms with Gasteiger partial charge in [-0.15, -0.1) is 0 Å². The van der Waals surface area contributed by atoms with E-state index in [1.165, 1.54) is 49.3 Å². The van der Waals surface area contributed by atoms with Gasteiger partial charge in [-0.2, -0.15) is 0 Å². The van der Waals surface area contributed by atoms with Crippen molar-refractivity contribution < 1.29 is 4.42 Å². The fourth-order valence-electron chi connectivity index (χ4n) is 8.38. The van der Waals surface area contributed by atoms with Crippen molar-refractivity contribution in [1.82, 2.24) is 4.57 Å². The van der Waals surface area contributed by atoms with Gasteiger partial charge in [0, 0.05) is 49.9 Å². The van der Waals surface area contributed by atoms with Gasteiger partial charge in [0.25, 0.3) is 0 Å². The highest BCUT2D eigenvalue weighted by atomic mass is 16.3. The Balaban J connectivity index is 1.09. The number of rotatable bonds is 6. The molecule has 0 N–H and O–H groups in total. The quantitative estimate of drug-likeness (QED) is 0.172. The fourth-order valence-corrected chi connectivity index (χ4v) is 8.38. The van der Waals surface area contributed by atoms with Crippen LogP contribution in [0.5, 0.6) is 0 Å². The van der Waals surface area contributed by atoms with E-state index in [1.807, 2.05) is 12.1 Å². The second kappa shape index (κ2) is 12.6. The molecule has 2 heterocycles. The van der Waals surface area contributed by atoms with Crippen molar-refractivity contribution in [3.05, 3.63) is 206 Å². The highest BCUT2D eigenvalue weighted by Gasteiger charge is 2.19. The molecule has 55 heavy (non-hydrogen) atoms. The van der Waals surface area contributed by atoms with Crippen LogP contribution in [0.4, 0.5) is 17.1 Å². The van der Waals surface area contributed by atoms with Crippen molar-refractivity contribution in [3.8, 4) is 27.9 Å². The molecular formula is C52H34N2O. The summed E-state index contributed by atoms with van der Waals surface area (Å²) in [5.74, 6) is 0. The van der Waals surface area contributed by atoms with Gasteiger partial charge in [-0.25, -0.2) is 0 Å². The summed E-state index contributed by atoms with van der Waals surface area (Å²) in [5, 5.41) is 7.17. The van der Waals surface area contributed by atoms with Crippen LogP contribution in [0.2, 0.25) is 0 Å². The third kappa shape index (κ3) is 5.20. The number of anilines is 3. The zero-order chi connectivity index (χ0) is 36.3. The molecule has 11 rings (SSSR count). The van der Waals surface area contributed by atoms with Crippen molar-refractivity contribution in [1.29, 1.82) is 0 Å². The van der Waals surface area contributed by atoms with Gasteiger partial charge < -0.3 is 13.9 Å². The van der Waals surface area contributed by atoms with Crippen molar-refractivity contribution in [3.63, 3.8) is 0 Å². The van der Waals surface area contributed by atoms with E-state index in [9.17, 15) is 0 Å². The minimum absolute atomic E-state index is 0.880. The molecule has 0 atom stereocenters. The topological polar surface area (TPSA) is 21.3 Å². The number of aromatic nitrogens is 1. The van der Waals surface area contributed by atoms with Crippen LogP contribution in [0, 0.1) is 0 Å². The number of hydrogen-bond donors (Lipinski definition) is 0. The van der Waals surface area contributed by atoms with Crippen molar-refractivity contribution in [2.45, 2.75) is 0 Å². The van der Waals surface area contributed by atoms with Crippen LogP contribution >= 0.6 is 0 Å². The van der Waals surface area contributed by atoms with Gasteiger partial charge in [0.1, 0.15) is 11.2 Å². The third-order valence-electron chi connectivity index (χ3n) is 11.0.